The van der Waals surface area contributed by atoms with Crippen molar-refractivity contribution in [2.45, 2.75) is 19.1 Å². The van der Waals surface area contributed by atoms with Crippen molar-refractivity contribution in [3.05, 3.63) is 29.3 Å². The van der Waals surface area contributed by atoms with Crippen LogP contribution < -0.4 is 10.5 Å². The first kappa shape index (κ1) is 11.8. The molecule has 2 N–H and O–H groups in total. The maximum absolute atomic E-state index is 12.6. The Morgan fingerprint density at radius 1 is 1.33 bits per heavy atom. The fourth-order valence-electron chi connectivity index (χ4n) is 1.23. The van der Waals surface area contributed by atoms with Crippen molar-refractivity contribution in [3.8, 4) is 5.75 Å². The molecule has 0 saturated carbocycles. The zero-order valence-electron chi connectivity index (χ0n) is 8.43. The molecule has 1 aromatic carbocycles. The van der Waals surface area contributed by atoms with Crippen LogP contribution in [0.1, 0.15) is 24.1 Å². The highest BCUT2D eigenvalue weighted by molar-refractivity contribution is 5.40. The number of benzene rings is 1. The fourth-order valence-corrected chi connectivity index (χ4v) is 1.23. The van der Waals surface area contributed by atoms with E-state index < -0.39 is 17.8 Å². The van der Waals surface area contributed by atoms with Crippen molar-refractivity contribution in [2.24, 2.45) is 5.73 Å². The SMILES string of the molecule is COc1ccc([C@H](C)N)cc1C(F)(F)F. The van der Waals surface area contributed by atoms with Crippen molar-refractivity contribution >= 4 is 0 Å². The second-order valence-corrected chi connectivity index (χ2v) is 3.25. The molecule has 0 aliphatic carbocycles. The van der Waals surface area contributed by atoms with Gasteiger partial charge in [0.05, 0.1) is 12.7 Å². The minimum Gasteiger partial charge on any atom is -0.496 e. The van der Waals surface area contributed by atoms with Crippen molar-refractivity contribution in [2.75, 3.05) is 7.11 Å². The average Bonchev–Trinajstić information content (AvgIpc) is 2.15. The first-order chi connectivity index (χ1) is 6.86. The van der Waals surface area contributed by atoms with E-state index in [0.29, 0.717) is 5.56 Å². The Hall–Kier alpha value is -1.23. The number of ether oxygens (including phenoxy) is 1. The van der Waals surface area contributed by atoms with Crippen molar-refractivity contribution < 1.29 is 17.9 Å². The van der Waals surface area contributed by atoms with E-state index in [1.165, 1.54) is 19.2 Å². The van der Waals surface area contributed by atoms with Crippen LogP contribution in [0.25, 0.3) is 0 Å². The molecule has 0 aromatic heterocycles. The molecular formula is C10H12F3NO. The molecule has 0 saturated heterocycles. The summed E-state index contributed by atoms with van der Waals surface area (Å²) in [6.45, 7) is 1.63. The van der Waals surface area contributed by atoms with Crippen LogP contribution in [0.4, 0.5) is 13.2 Å². The third kappa shape index (κ3) is 2.62. The number of hydrogen-bond donors (Lipinski definition) is 1. The third-order valence-corrected chi connectivity index (χ3v) is 2.05. The number of methoxy groups -OCH3 is 1. The summed E-state index contributed by atoms with van der Waals surface area (Å²) < 4.78 is 42.3. The van der Waals surface area contributed by atoms with Gasteiger partial charge in [0.1, 0.15) is 5.75 Å². The van der Waals surface area contributed by atoms with Gasteiger partial charge in [-0.1, -0.05) is 6.07 Å². The summed E-state index contributed by atoms with van der Waals surface area (Å²) in [4.78, 5) is 0. The molecule has 2 nitrogen and oxygen atoms in total. The van der Waals surface area contributed by atoms with E-state index in [-0.39, 0.29) is 5.75 Å². The lowest BCUT2D eigenvalue weighted by atomic mass is 10.0. The van der Waals surface area contributed by atoms with E-state index in [4.69, 9.17) is 5.73 Å². The lowest BCUT2D eigenvalue weighted by Gasteiger charge is -2.14. The lowest BCUT2D eigenvalue weighted by Crippen LogP contribution is -2.11. The molecule has 0 aliphatic rings. The first-order valence-electron chi connectivity index (χ1n) is 4.37. The van der Waals surface area contributed by atoms with Gasteiger partial charge < -0.3 is 10.5 Å². The second-order valence-electron chi connectivity index (χ2n) is 3.25. The Morgan fingerprint density at radius 3 is 2.33 bits per heavy atom. The molecule has 0 fully saturated rings. The van der Waals surface area contributed by atoms with Gasteiger partial charge in [-0.05, 0) is 24.6 Å². The lowest BCUT2D eigenvalue weighted by molar-refractivity contribution is -0.138. The van der Waals surface area contributed by atoms with Gasteiger partial charge in [-0.25, -0.2) is 0 Å². The Balaban J connectivity index is 3.26. The van der Waals surface area contributed by atoms with Crippen molar-refractivity contribution in [1.29, 1.82) is 0 Å². The summed E-state index contributed by atoms with van der Waals surface area (Å²) in [5.41, 5.74) is 5.15. The zero-order chi connectivity index (χ0) is 11.6. The molecule has 0 amide bonds. The molecule has 0 bridgehead atoms. The molecular weight excluding hydrogens is 207 g/mol. The number of nitrogens with two attached hydrogens (primary N) is 1. The number of alkyl halides is 3. The van der Waals surface area contributed by atoms with E-state index >= 15 is 0 Å². The first-order valence-corrected chi connectivity index (χ1v) is 4.37. The summed E-state index contributed by atoms with van der Waals surface area (Å²) in [6, 6.07) is 3.39. The highest BCUT2D eigenvalue weighted by Crippen LogP contribution is 2.37. The minimum atomic E-state index is -4.42. The fraction of sp³-hybridized carbons (Fsp3) is 0.400. The van der Waals surface area contributed by atoms with E-state index in [1.54, 1.807) is 6.92 Å². The van der Waals surface area contributed by atoms with Gasteiger partial charge in [-0.15, -0.1) is 0 Å². The molecule has 1 rings (SSSR count). The van der Waals surface area contributed by atoms with Crippen LogP contribution in [0.5, 0.6) is 5.75 Å². The molecule has 0 aliphatic heterocycles. The topological polar surface area (TPSA) is 35.2 Å². The summed E-state index contributed by atoms with van der Waals surface area (Å²) in [5.74, 6) is -0.188. The van der Waals surface area contributed by atoms with Gasteiger partial charge in [0.2, 0.25) is 0 Å². The van der Waals surface area contributed by atoms with Gasteiger partial charge in [0.25, 0.3) is 0 Å². The number of hydrogen-bond acceptors (Lipinski definition) is 2. The molecule has 5 heteroatoms. The summed E-state index contributed by atoms with van der Waals surface area (Å²) in [7, 11) is 1.20. The monoisotopic (exact) mass is 219 g/mol. The van der Waals surface area contributed by atoms with Gasteiger partial charge in [0, 0.05) is 6.04 Å². The van der Waals surface area contributed by atoms with Crippen LogP contribution in [0.2, 0.25) is 0 Å². The van der Waals surface area contributed by atoms with Crippen LogP contribution in [0, 0.1) is 0 Å². The summed E-state index contributed by atoms with van der Waals surface area (Å²) in [6.07, 6.45) is -4.42. The average molecular weight is 219 g/mol. The molecule has 84 valence electrons. The third-order valence-electron chi connectivity index (χ3n) is 2.05. The van der Waals surface area contributed by atoms with Gasteiger partial charge in [-0.3, -0.25) is 0 Å². The number of halogens is 3. The highest BCUT2D eigenvalue weighted by atomic mass is 19.4. The Kier molecular flexibility index (Phi) is 3.24. The number of rotatable bonds is 2. The van der Waals surface area contributed by atoms with Crippen LogP contribution in [-0.2, 0) is 6.18 Å². The van der Waals surface area contributed by atoms with E-state index in [1.807, 2.05) is 0 Å². The Morgan fingerprint density at radius 2 is 1.93 bits per heavy atom. The van der Waals surface area contributed by atoms with E-state index in [2.05, 4.69) is 4.74 Å². The van der Waals surface area contributed by atoms with Crippen LogP contribution in [0.15, 0.2) is 18.2 Å². The van der Waals surface area contributed by atoms with E-state index in [0.717, 1.165) is 6.07 Å². The normalized spacial score (nSPS) is 13.7. The van der Waals surface area contributed by atoms with Crippen molar-refractivity contribution in [1.82, 2.24) is 0 Å². The minimum absolute atomic E-state index is 0.188. The van der Waals surface area contributed by atoms with Crippen LogP contribution >= 0.6 is 0 Å². The van der Waals surface area contributed by atoms with Gasteiger partial charge in [-0.2, -0.15) is 13.2 Å². The zero-order valence-corrected chi connectivity index (χ0v) is 8.43. The molecule has 15 heavy (non-hydrogen) atoms. The largest absolute Gasteiger partial charge is 0.496 e. The van der Waals surface area contributed by atoms with E-state index in [9.17, 15) is 13.2 Å². The quantitative estimate of drug-likeness (QED) is 0.830. The maximum Gasteiger partial charge on any atom is 0.419 e. The Labute approximate surface area is 85.8 Å². The molecule has 1 aromatic rings. The van der Waals surface area contributed by atoms with Crippen molar-refractivity contribution in [3.63, 3.8) is 0 Å². The smallest absolute Gasteiger partial charge is 0.419 e. The van der Waals surface area contributed by atoms with Gasteiger partial charge >= 0.3 is 6.18 Å². The molecule has 0 spiro atoms. The molecule has 1 atom stereocenters. The molecule has 0 unspecified atom stereocenters. The van der Waals surface area contributed by atoms with Crippen LogP contribution in [-0.4, -0.2) is 7.11 Å². The Bertz CT molecular complexity index is 347. The molecule has 0 heterocycles. The maximum atomic E-state index is 12.6. The predicted octanol–water partition coefficient (Wildman–Crippen LogP) is 2.73. The van der Waals surface area contributed by atoms with Gasteiger partial charge in [0.15, 0.2) is 0 Å². The standard InChI is InChI=1S/C10H12F3NO/c1-6(14)7-3-4-9(15-2)8(5-7)10(11,12)13/h3-6H,14H2,1-2H3/t6-/m0/s1. The second kappa shape index (κ2) is 4.10. The summed E-state index contributed by atoms with van der Waals surface area (Å²) in [5, 5.41) is 0. The predicted molar refractivity (Wildman–Crippen MR) is 50.6 cm³/mol. The highest BCUT2D eigenvalue weighted by Gasteiger charge is 2.34. The molecule has 0 radical (unpaired) electrons. The van der Waals surface area contributed by atoms with Crippen LogP contribution in [0.3, 0.4) is 0 Å². The summed E-state index contributed by atoms with van der Waals surface area (Å²) >= 11 is 0.